The predicted octanol–water partition coefficient (Wildman–Crippen LogP) is 3.07. The highest BCUT2D eigenvalue weighted by Gasteiger charge is 2.35. The number of piperazine rings is 1. The second-order valence-electron chi connectivity index (χ2n) is 7.98. The number of fused-ring (bicyclic) bond motifs is 1. The molecule has 2 N–H and O–H groups in total. The lowest BCUT2D eigenvalue weighted by atomic mass is 9.93. The zero-order valence-corrected chi connectivity index (χ0v) is 17.6. The Morgan fingerprint density at radius 3 is 2.34 bits per heavy atom. The number of H-pyrrole nitrogens is 1. The third kappa shape index (κ3) is 3.88. The molecular formula is C25H25N5O2. The molecule has 7 nitrogen and oxygen atoms in total. The van der Waals surface area contributed by atoms with Crippen molar-refractivity contribution in [3.63, 3.8) is 0 Å². The van der Waals surface area contributed by atoms with Crippen LogP contribution in [0.15, 0.2) is 79.3 Å². The first-order valence-corrected chi connectivity index (χ1v) is 10.8. The van der Waals surface area contributed by atoms with Gasteiger partial charge in [0, 0.05) is 61.2 Å². The summed E-state index contributed by atoms with van der Waals surface area (Å²) in [5, 5.41) is 12.2. The molecule has 4 aromatic rings. The number of nitrogens with one attached hydrogen (secondary N) is 1. The lowest BCUT2D eigenvalue weighted by Gasteiger charge is -2.40. The van der Waals surface area contributed by atoms with Gasteiger partial charge in [-0.1, -0.05) is 48.5 Å². The van der Waals surface area contributed by atoms with Crippen LogP contribution in [-0.4, -0.2) is 63.0 Å². The van der Waals surface area contributed by atoms with Crippen molar-refractivity contribution in [2.75, 3.05) is 31.1 Å². The van der Waals surface area contributed by atoms with Gasteiger partial charge in [0.15, 0.2) is 5.78 Å². The summed E-state index contributed by atoms with van der Waals surface area (Å²) in [5.74, 6) is 0.434. The molecule has 3 heterocycles. The summed E-state index contributed by atoms with van der Waals surface area (Å²) < 4.78 is 0. The molecule has 0 bridgehead atoms. The van der Waals surface area contributed by atoms with Crippen LogP contribution in [0.25, 0.3) is 10.9 Å². The predicted molar refractivity (Wildman–Crippen MR) is 124 cm³/mol. The summed E-state index contributed by atoms with van der Waals surface area (Å²) in [4.78, 5) is 29.6. The van der Waals surface area contributed by atoms with E-state index in [1.165, 1.54) is 0 Å². The van der Waals surface area contributed by atoms with E-state index in [2.05, 4.69) is 24.8 Å². The third-order valence-corrected chi connectivity index (χ3v) is 6.11. The number of hydrogen-bond donors (Lipinski definition) is 2. The molecule has 1 aliphatic heterocycles. The van der Waals surface area contributed by atoms with Crippen molar-refractivity contribution in [1.29, 1.82) is 0 Å². The van der Waals surface area contributed by atoms with Crippen LogP contribution in [0.5, 0.6) is 0 Å². The summed E-state index contributed by atoms with van der Waals surface area (Å²) in [6, 6.07) is 18.8. The molecule has 2 aromatic heterocycles. The number of aromatic nitrogens is 3. The Kier molecular flexibility index (Phi) is 5.66. The lowest BCUT2D eigenvalue weighted by Crippen LogP contribution is -2.51. The molecule has 1 saturated heterocycles. The Hall–Kier alpha value is -3.55. The minimum absolute atomic E-state index is 0.273. The molecule has 0 radical (unpaired) electrons. The Morgan fingerprint density at radius 2 is 1.59 bits per heavy atom. The van der Waals surface area contributed by atoms with Gasteiger partial charge < -0.3 is 15.0 Å². The smallest absolute Gasteiger partial charge is 0.225 e. The number of aromatic amines is 1. The van der Waals surface area contributed by atoms with Gasteiger partial charge in [-0.15, -0.1) is 0 Å². The average Bonchev–Trinajstić information content (AvgIpc) is 3.29. The molecule has 32 heavy (non-hydrogen) atoms. The number of ketones is 1. The zero-order chi connectivity index (χ0) is 21.9. The van der Waals surface area contributed by atoms with E-state index in [1.807, 2.05) is 54.6 Å². The number of hydrogen-bond acceptors (Lipinski definition) is 6. The van der Waals surface area contributed by atoms with Gasteiger partial charge in [0.05, 0.1) is 6.04 Å². The van der Waals surface area contributed by atoms with Crippen LogP contribution < -0.4 is 4.90 Å². The molecule has 1 aliphatic rings. The first-order valence-electron chi connectivity index (χ1n) is 10.8. The second-order valence-corrected chi connectivity index (χ2v) is 7.98. The first-order chi connectivity index (χ1) is 15.7. The van der Waals surface area contributed by atoms with Crippen LogP contribution in [0, 0.1) is 0 Å². The molecule has 0 saturated carbocycles. The van der Waals surface area contributed by atoms with Gasteiger partial charge in [0.2, 0.25) is 5.95 Å². The Balaban J connectivity index is 1.41. The highest BCUT2D eigenvalue weighted by molar-refractivity contribution is 6.10. The van der Waals surface area contributed by atoms with Crippen LogP contribution >= 0.6 is 0 Å². The largest absolute Gasteiger partial charge is 0.383 e. The van der Waals surface area contributed by atoms with E-state index in [0.29, 0.717) is 24.6 Å². The maximum atomic E-state index is 13.4. The van der Waals surface area contributed by atoms with Gasteiger partial charge >= 0.3 is 0 Å². The van der Waals surface area contributed by atoms with Crippen molar-refractivity contribution in [1.82, 2.24) is 19.9 Å². The monoisotopic (exact) mass is 427 g/mol. The van der Waals surface area contributed by atoms with Crippen molar-refractivity contribution >= 4 is 22.6 Å². The molecule has 162 valence electrons. The quantitative estimate of drug-likeness (QED) is 0.460. The van der Waals surface area contributed by atoms with E-state index in [0.717, 1.165) is 29.6 Å². The van der Waals surface area contributed by atoms with Crippen molar-refractivity contribution in [2.45, 2.75) is 12.1 Å². The van der Waals surface area contributed by atoms with E-state index in [1.54, 1.807) is 24.7 Å². The highest BCUT2D eigenvalue weighted by Crippen LogP contribution is 2.30. The summed E-state index contributed by atoms with van der Waals surface area (Å²) in [7, 11) is 0. The van der Waals surface area contributed by atoms with Gasteiger partial charge in [-0.25, -0.2) is 9.97 Å². The van der Waals surface area contributed by atoms with Gasteiger partial charge in [0.1, 0.15) is 6.10 Å². The van der Waals surface area contributed by atoms with Gasteiger partial charge in [-0.05, 0) is 17.7 Å². The number of carbonyl (C=O) groups is 1. The van der Waals surface area contributed by atoms with E-state index in [9.17, 15) is 9.90 Å². The van der Waals surface area contributed by atoms with E-state index in [4.69, 9.17) is 0 Å². The van der Waals surface area contributed by atoms with E-state index < -0.39 is 12.1 Å². The Labute approximate surface area is 186 Å². The summed E-state index contributed by atoms with van der Waals surface area (Å²) in [6.45, 7) is 2.83. The van der Waals surface area contributed by atoms with E-state index >= 15 is 0 Å². The van der Waals surface area contributed by atoms with Gasteiger partial charge in [0.25, 0.3) is 0 Å². The van der Waals surface area contributed by atoms with Crippen molar-refractivity contribution in [3.05, 3.63) is 90.4 Å². The number of aliphatic hydroxyl groups excluding tert-OH is 1. The number of Topliss-reactive ketones (excluding diaryl/α,β-unsaturated/α-hetero) is 1. The molecule has 2 aromatic carbocycles. The number of nitrogens with zero attached hydrogens (tertiary/aromatic N) is 4. The van der Waals surface area contributed by atoms with Crippen molar-refractivity contribution < 1.29 is 9.90 Å². The fourth-order valence-corrected chi connectivity index (χ4v) is 4.48. The Morgan fingerprint density at radius 1 is 0.906 bits per heavy atom. The van der Waals surface area contributed by atoms with Crippen LogP contribution in [0.2, 0.25) is 0 Å². The minimum Gasteiger partial charge on any atom is -0.383 e. The number of rotatable bonds is 6. The normalized spacial score (nSPS) is 16.7. The van der Waals surface area contributed by atoms with Crippen LogP contribution in [0.3, 0.4) is 0 Å². The summed E-state index contributed by atoms with van der Waals surface area (Å²) >= 11 is 0. The van der Waals surface area contributed by atoms with E-state index in [-0.39, 0.29) is 5.78 Å². The third-order valence-electron chi connectivity index (χ3n) is 6.11. The molecule has 2 unspecified atom stereocenters. The molecule has 5 rings (SSSR count). The Bertz CT molecular complexity index is 1190. The zero-order valence-electron chi connectivity index (χ0n) is 17.6. The summed E-state index contributed by atoms with van der Waals surface area (Å²) in [5.41, 5.74) is 2.33. The fourth-order valence-electron chi connectivity index (χ4n) is 4.48. The lowest BCUT2D eigenvalue weighted by molar-refractivity contribution is 0.0365. The second kappa shape index (κ2) is 8.90. The maximum Gasteiger partial charge on any atom is 0.225 e. The molecule has 0 aliphatic carbocycles. The highest BCUT2D eigenvalue weighted by atomic mass is 16.3. The number of aliphatic hydroxyl groups is 1. The maximum absolute atomic E-state index is 13.4. The van der Waals surface area contributed by atoms with Gasteiger partial charge in [-0.3, -0.25) is 9.69 Å². The molecule has 0 amide bonds. The molecule has 2 atom stereocenters. The number of carbonyl (C=O) groups excluding carboxylic acids is 1. The average molecular weight is 428 g/mol. The van der Waals surface area contributed by atoms with Crippen LogP contribution in [0.4, 0.5) is 5.95 Å². The molecular weight excluding hydrogens is 402 g/mol. The first kappa shape index (κ1) is 20.4. The minimum atomic E-state index is -1.18. The molecule has 7 heteroatoms. The van der Waals surface area contributed by atoms with Crippen LogP contribution in [-0.2, 0) is 0 Å². The van der Waals surface area contributed by atoms with Crippen molar-refractivity contribution in [3.8, 4) is 0 Å². The topological polar surface area (TPSA) is 85.4 Å². The summed E-state index contributed by atoms with van der Waals surface area (Å²) in [6.07, 6.45) is 4.00. The fraction of sp³-hybridized carbons (Fsp3) is 0.240. The van der Waals surface area contributed by atoms with Crippen LogP contribution in [0.1, 0.15) is 22.0 Å². The number of para-hydroxylation sites is 1. The van der Waals surface area contributed by atoms with Crippen molar-refractivity contribution in [2.24, 2.45) is 0 Å². The number of anilines is 1. The molecule has 1 fully saturated rings. The number of benzene rings is 2. The molecule has 0 spiro atoms. The standard InChI is InChI=1S/C25H25N5O2/c31-23(20-17-28-21-10-5-4-9-19(20)21)24(32)22(18-7-2-1-3-8-18)29-13-15-30(16-14-29)25-26-11-6-12-27-25/h1-12,17,22,24,28,32H,13-16H2. The SMILES string of the molecule is O=C(c1c[nH]c2ccccc12)C(O)C(c1ccccc1)N1CCN(c2ncccn2)CC1. The van der Waals surface area contributed by atoms with Gasteiger partial charge in [-0.2, -0.15) is 0 Å².